The summed E-state index contributed by atoms with van der Waals surface area (Å²) < 4.78 is 22.7. The third-order valence-corrected chi connectivity index (χ3v) is 7.13. The Morgan fingerprint density at radius 2 is 2.00 bits per heavy atom. The lowest BCUT2D eigenvalue weighted by Crippen LogP contribution is -2.51. The van der Waals surface area contributed by atoms with Gasteiger partial charge in [0.05, 0.1) is 29.0 Å². The number of anilines is 1. The topological polar surface area (TPSA) is 63.0 Å². The lowest BCUT2D eigenvalue weighted by atomic mass is 9.85. The predicted molar refractivity (Wildman–Crippen MR) is 133 cm³/mol. The van der Waals surface area contributed by atoms with E-state index in [0.717, 1.165) is 12.2 Å². The summed E-state index contributed by atoms with van der Waals surface area (Å²) in [4.78, 5) is 20.1. The van der Waals surface area contributed by atoms with Crippen LogP contribution in [0.5, 0.6) is 0 Å². The van der Waals surface area contributed by atoms with Gasteiger partial charge in [0, 0.05) is 61.8 Å². The molecule has 1 unspecified atom stereocenters. The second-order valence-corrected chi connectivity index (χ2v) is 9.84. The van der Waals surface area contributed by atoms with Crippen LogP contribution in [0, 0.1) is 18.2 Å². The molecule has 7 nitrogen and oxygen atoms in total. The van der Waals surface area contributed by atoms with Crippen LogP contribution in [-0.2, 0) is 11.8 Å². The van der Waals surface area contributed by atoms with E-state index in [0.29, 0.717) is 52.6 Å². The minimum absolute atomic E-state index is 0.0558. The van der Waals surface area contributed by atoms with E-state index >= 15 is 4.39 Å². The summed E-state index contributed by atoms with van der Waals surface area (Å²) in [5.41, 5.74) is 1.82. The molecule has 0 N–H and O–H groups in total. The highest BCUT2D eigenvalue weighted by atomic mass is 35.5. The molecule has 178 valence electrons. The fourth-order valence-corrected chi connectivity index (χ4v) is 5.02. The standard InChI is InChI=1S/C25H27ClFN5O2/c1-15-29-21-11-17(32-7-8-34-22(12-32)25(2)13-28-30(3)14-25)10-19(23(21)24(33)31(15)4)18-6-5-16(26)9-20(18)27/h5-6,9-11,13,22H,7-8,12,14H2,1-4H3/t22-,25?/m1/s1. The van der Waals surface area contributed by atoms with Crippen LogP contribution in [0.25, 0.3) is 22.0 Å². The van der Waals surface area contributed by atoms with E-state index in [1.54, 1.807) is 26.1 Å². The molecule has 1 saturated heterocycles. The van der Waals surface area contributed by atoms with Gasteiger partial charge in [-0.1, -0.05) is 18.5 Å². The summed E-state index contributed by atoms with van der Waals surface area (Å²) in [6.45, 7) is 6.60. The molecule has 5 rings (SSSR count). The number of aryl methyl sites for hydroxylation is 1. The zero-order valence-corrected chi connectivity index (χ0v) is 20.4. The van der Waals surface area contributed by atoms with Crippen molar-refractivity contribution in [2.24, 2.45) is 17.6 Å². The quantitative estimate of drug-likeness (QED) is 0.566. The third-order valence-electron chi connectivity index (χ3n) is 6.90. The summed E-state index contributed by atoms with van der Waals surface area (Å²) in [6.07, 6.45) is 1.91. The SMILES string of the molecule is Cc1nc2cc(N3CCO[C@@H](C4(C)C=NN(C)C4)C3)cc(-c3ccc(Cl)cc3F)c2c(=O)n1C. The van der Waals surface area contributed by atoms with Crippen LogP contribution in [0.3, 0.4) is 0 Å². The predicted octanol–water partition coefficient (Wildman–Crippen LogP) is 3.84. The van der Waals surface area contributed by atoms with Crippen molar-refractivity contribution in [3.8, 4) is 11.1 Å². The molecule has 0 saturated carbocycles. The molecule has 2 aliphatic rings. The zero-order valence-electron chi connectivity index (χ0n) is 19.7. The van der Waals surface area contributed by atoms with Gasteiger partial charge < -0.3 is 9.64 Å². The number of hydrogen-bond donors (Lipinski definition) is 0. The number of rotatable bonds is 3. The van der Waals surface area contributed by atoms with Gasteiger partial charge in [0.15, 0.2) is 0 Å². The fourth-order valence-electron chi connectivity index (χ4n) is 4.86. The number of morpholine rings is 1. The molecule has 34 heavy (non-hydrogen) atoms. The van der Waals surface area contributed by atoms with Crippen LogP contribution in [0.4, 0.5) is 10.1 Å². The minimum Gasteiger partial charge on any atom is -0.374 e. The second-order valence-electron chi connectivity index (χ2n) is 9.41. The Hall–Kier alpha value is -2.97. The van der Waals surface area contributed by atoms with Crippen LogP contribution in [-0.4, -0.2) is 60.2 Å². The maximum absolute atomic E-state index is 15.0. The lowest BCUT2D eigenvalue weighted by molar-refractivity contribution is -0.0155. The van der Waals surface area contributed by atoms with Crippen molar-refractivity contribution in [1.29, 1.82) is 0 Å². The van der Waals surface area contributed by atoms with Crippen molar-refractivity contribution in [3.63, 3.8) is 0 Å². The monoisotopic (exact) mass is 483 g/mol. The van der Waals surface area contributed by atoms with Gasteiger partial charge in [-0.3, -0.25) is 14.4 Å². The third kappa shape index (κ3) is 3.84. The molecule has 1 fully saturated rings. The first-order valence-electron chi connectivity index (χ1n) is 11.3. The highest BCUT2D eigenvalue weighted by Crippen LogP contribution is 2.36. The maximum atomic E-state index is 15.0. The molecule has 0 spiro atoms. The summed E-state index contributed by atoms with van der Waals surface area (Å²) in [6, 6.07) is 8.31. The molecular formula is C25H27ClFN5O2. The first-order chi connectivity index (χ1) is 16.2. The summed E-state index contributed by atoms with van der Waals surface area (Å²) in [5, 5.41) is 7.02. The van der Waals surface area contributed by atoms with Crippen molar-refractivity contribution >= 4 is 34.4 Å². The van der Waals surface area contributed by atoms with E-state index in [1.807, 2.05) is 30.4 Å². The summed E-state index contributed by atoms with van der Waals surface area (Å²) in [7, 11) is 3.63. The van der Waals surface area contributed by atoms with Crippen molar-refractivity contribution in [2.75, 3.05) is 38.2 Å². The van der Waals surface area contributed by atoms with Crippen LogP contribution < -0.4 is 10.5 Å². The van der Waals surface area contributed by atoms with Crippen molar-refractivity contribution in [1.82, 2.24) is 14.6 Å². The Bertz CT molecular complexity index is 1370. The van der Waals surface area contributed by atoms with Crippen molar-refractivity contribution in [3.05, 3.63) is 57.3 Å². The van der Waals surface area contributed by atoms with E-state index in [1.165, 1.54) is 10.6 Å². The highest BCUT2D eigenvalue weighted by Gasteiger charge is 2.41. The fraction of sp³-hybridized carbons (Fsp3) is 0.400. The molecule has 2 atom stereocenters. The average molecular weight is 484 g/mol. The zero-order chi connectivity index (χ0) is 24.2. The van der Waals surface area contributed by atoms with E-state index in [2.05, 4.69) is 21.9 Å². The number of nitrogens with zero attached hydrogens (tertiary/aromatic N) is 5. The maximum Gasteiger partial charge on any atom is 0.261 e. The molecule has 0 aliphatic carbocycles. The Balaban J connectivity index is 1.64. The Morgan fingerprint density at radius 1 is 1.21 bits per heavy atom. The number of hydrazone groups is 1. The van der Waals surface area contributed by atoms with Crippen LogP contribution in [0.15, 0.2) is 40.2 Å². The number of fused-ring (bicyclic) bond motifs is 1. The van der Waals surface area contributed by atoms with Crippen LogP contribution >= 0.6 is 11.6 Å². The first-order valence-corrected chi connectivity index (χ1v) is 11.6. The van der Waals surface area contributed by atoms with Gasteiger partial charge in [0.1, 0.15) is 11.6 Å². The van der Waals surface area contributed by atoms with E-state index in [4.69, 9.17) is 16.3 Å². The van der Waals surface area contributed by atoms with Gasteiger partial charge in [0.25, 0.3) is 5.56 Å². The molecule has 1 aromatic heterocycles. The van der Waals surface area contributed by atoms with E-state index in [9.17, 15) is 4.79 Å². The number of ether oxygens (including phenoxy) is 1. The Kier molecular flexibility index (Phi) is 5.61. The lowest BCUT2D eigenvalue weighted by Gasteiger charge is -2.41. The summed E-state index contributed by atoms with van der Waals surface area (Å²) in [5.74, 6) is 0.112. The highest BCUT2D eigenvalue weighted by molar-refractivity contribution is 6.30. The molecule has 2 aliphatic heterocycles. The molecule has 0 bridgehead atoms. The van der Waals surface area contributed by atoms with Crippen LogP contribution in [0.1, 0.15) is 12.7 Å². The van der Waals surface area contributed by atoms with E-state index < -0.39 is 5.82 Å². The second kappa shape index (κ2) is 8.36. The number of halogens is 2. The van der Waals surface area contributed by atoms with Gasteiger partial charge in [0.2, 0.25) is 0 Å². The number of hydrogen-bond acceptors (Lipinski definition) is 6. The molecule has 9 heteroatoms. The van der Waals surface area contributed by atoms with Gasteiger partial charge >= 0.3 is 0 Å². The first kappa shape index (κ1) is 22.8. The Labute approximate surface area is 202 Å². The van der Waals surface area contributed by atoms with Crippen LogP contribution in [0.2, 0.25) is 5.02 Å². The van der Waals surface area contributed by atoms with Crippen molar-refractivity contribution in [2.45, 2.75) is 20.0 Å². The molecular weight excluding hydrogens is 457 g/mol. The summed E-state index contributed by atoms with van der Waals surface area (Å²) >= 11 is 6.00. The minimum atomic E-state index is -0.480. The molecule has 0 radical (unpaired) electrons. The van der Waals surface area contributed by atoms with Gasteiger partial charge in [-0.2, -0.15) is 5.10 Å². The van der Waals surface area contributed by atoms with Gasteiger partial charge in [-0.15, -0.1) is 0 Å². The molecule has 0 amide bonds. The molecule has 2 aromatic carbocycles. The average Bonchev–Trinajstić information content (AvgIpc) is 3.16. The number of benzene rings is 2. The largest absolute Gasteiger partial charge is 0.374 e. The van der Waals surface area contributed by atoms with E-state index in [-0.39, 0.29) is 17.1 Å². The smallest absolute Gasteiger partial charge is 0.261 e. The van der Waals surface area contributed by atoms with Gasteiger partial charge in [-0.25, -0.2) is 9.37 Å². The molecule has 3 heterocycles. The number of aromatic nitrogens is 2. The molecule has 3 aromatic rings. The Morgan fingerprint density at radius 3 is 2.71 bits per heavy atom. The van der Waals surface area contributed by atoms with Gasteiger partial charge in [-0.05, 0) is 37.3 Å². The van der Waals surface area contributed by atoms with Crippen molar-refractivity contribution < 1.29 is 9.13 Å². The normalized spacial score (nSPS) is 22.7.